The average Bonchev–Trinajstić information content (AvgIpc) is 3.04. The van der Waals surface area contributed by atoms with Crippen LogP contribution in [-0.4, -0.2) is 36.2 Å². The van der Waals surface area contributed by atoms with Crippen LogP contribution >= 0.6 is 0 Å². The number of hydrogen-bond acceptors (Lipinski definition) is 2. The zero-order chi connectivity index (χ0) is 12.4. The van der Waals surface area contributed by atoms with Gasteiger partial charge in [-0.15, -0.1) is 0 Å². The summed E-state index contributed by atoms with van der Waals surface area (Å²) in [4.78, 5) is 2.45. The van der Waals surface area contributed by atoms with E-state index in [-0.39, 0.29) is 6.10 Å². The van der Waals surface area contributed by atoms with E-state index in [1.165, 1.54) is 32.2 Å². The SMILES string of the molecule is CC(C)C1CCC(O)C(CN(C)CC2CC2)C1. The van der Waals surface area contributed by atoms with Crippen molar-refractivity contribution in [2.45, 2.75) is 52.1 Å². The number of rotatable bonds is 5. The summed E-state index contributed by atoms with van der Waals surface area (Å²) in [5.41, 5.74) is 0. The maximum absolute atomic E-state index is 10.1. The molecular formula is C15H29NO. The summed E-state index contributed by atoms with van der Waals surface area (Å²) >= 11 is 0. The molecule has 0 saturated heterocycles. The van der Waals surface area contributed by atoms with Crippen LogP contribution in [0.1, 0.15) is 46.0 Å². The number of aliphatic hydroxyl groups excluding tert-OH is 1. The molecule has 2 heteroatoms. The predicted octanol–water partition coefficient (Wildman–Crippen LogP) is 2.76. The summed E-state index contributed by atoms with van der Waals surface area (Å²) in [5.74, 6) is 3.08. The van der Waals surface area contributed by atoms with Crippen molar-refractivity contribution in [1.82, 2.24) is 4.90 Å². The van der Waals surface area contributed by atoms with Crippen molar-refractivity contribution < 1.29 is 5.11 Å². The van der Waals surface area contributed by atoms with Gasteiger partial charge in [0.1, 0.15) is 0 Å². The van der Waals surface area contributed by atoms with Crippen molar-refractivity contribution in [3.63, 3.8) is 0 Å². The molecule has 0 spiro atoms. The molecule has 0 aliphatic heterocycles. The van der Waals surface area contributed by atoms with Crippen LogP contribution in [0.3, 0.4) is 0 Å². The second-order valence-electron chi connectivity index (χ2n) is 6.81. The number of aliphatic hydroxyl groups is 1. The summed E-state index contributed by atoms with van der Waals surface area (Å²) in [6, 6.07) is 0. The monoisotopic (exact) mass is 239 g/mol. The van der Waals surface area contributed by atoms with Gasteiger partial charge in [-0.05, 0) is 62.8 Å². The molecule has 100 valence electrons. The van der Waals surface area contributed by atoms with Gasteiger partial charge in [0.15, 0.2) is 0 Å². The van der Waals surface area contributed by atoms with E-state index in [9.17, 15) is 5.11 Å². The highest BCUT2D eigenvalue weighted by molar-refractivity contribution is 4.84. The molecule has 17 heavy (non-hydrogen) atoms. The van der Waals surface area contributed by atoms with E-state index in [4.69, 9.17) is 0 Å². The molecule has 0 aromatic carbocycles. The standard InChI is InChI=1S/C15H29NO/c1-11(2)13-6-7-15(17)14(8-13)10-16(3)9-12-4-5-12/h11-15,17H,4-10H2,1-3H3. The smallest absolute Gasteiger partial charge is 0.0580 e. The van der Waals surface area contributed by atoms with Crippen molar-refractivity contribution in [1.29, 1.82) is 0 Å². The molecule has 2 fully saturated rings. The first-order valence-electron chi connectivity index (χ1n) is 7.43. The van der Waals surface area contributed by atoms with E-state index >= 15 is 0 Å². The summed E-state index contributed by atoms with van der Waals surface area (Å²) in [6.45, 7) is 7.00. The van der Waals surface area contributed by atoms with Crippen molar-refractivity contribution in [3.8, 4) is 0 Å². The highest BCUT2D eigenvalue weighted by Crippen LogP contribution is 2.35. The Bertz CT molecular complexity index is 237. The fraction of sp³-hybridized carbons (Fsp3) is 1.00. The van der Waals surface area contributed by atoms with E-state index in [2.05, 4.69) is 25.8 Å². The molecule has 3 atom stereocenters. The Balaban J connectivity index is 1.79. The second kappa shape index (κ2) is 5.71. The van der Waals surface area contributed by atoms with Gasteiger partial charge in [-0.1, -0.05) is 13.8 Å². The van der Waals surface area contributed by atoms with Crippen molar-refractivity contribution in [2.24, 2.45) is 23.7 Å². The summed E-state index contributed by atoms with van der Waals surface area (Å²) < 4.78 is 0. The zero-order valence-corrected chi connectivity index (χ0v) is 11.7. The minimum atomic E-state index is -0.0494. The summed E-state index contributed by atoms with van der Waals surface area (Å²) in [7, 11) is 2.23. The Morgan fingerprint density at radius 1 is 1.12 bits per heavy atom. The Labute approximate surface area is 106 Å². The molecule has 0 aromatic heterocycles. The van der Waals surface area contributed by atoms with Crippen molar-refractivity contribution >= 4 is 0 Å². The Kier molecular flexibility index (Phi) is 4.48. The maximum atomic E-state index is 10.1. The highest BCUT2D eigenvalue weighted by Gasteiger charge is 2.32. The van der Waals surface area contributed by atoms with Gasteiger partial charge in [0, 0.05) is 13.1 Å². The van der Waals surface area contributed by atoms with Gasteiger partial charge < -0.3 is 10.0 Å². The third kappa shape index (κ3) is 3.96. The molecule has 1 N–H and O–H groups in total. The first-order chi connectivity index (χ1) is 8.06. The van der Waals surface area contributed by atoms with Gasteiger partial charge in [0.05, 0.1) is 6.10 Å². The summed E-state index contributed by atoms with van der Waals surface area (Å²) in [5, 5.41) is 10.1. The van der Waals surface area contributed by atoms with E-state index in [0.717, 1.165) is 30.7 Å². The second-order valence-corrected chi connectivity index (χ2v) is 6.81. The molecule has 2 aliphatic rings. The van der Waals surface area contributed by atoms with Gasteiger partial charge >= 0.3 is 0 Å². The molecule has 0 heterocycles. The maximum Gasteiger partial charge on any atom is 0.0580 e. The molecule has 2 rings (SSSR count). The Morgan fingerprint density at radius 2 is 1.82 bits per heavy atom. The van der Waals surface area contributed by atoms with Crippen molar-refractivity contribution in [3.05, 3.63) is 0 Å². The lowest BCUT2D eigenvalue weighted by atomic mass is 9.74. The van der Waals surface area contributed by atoms with Crippen LogP contribution in [-0.2, 0) is 0 Å². The largest absolute Gasteiger partial charge is 0.393 e. The molecular weight excluding hydrogens is 210 g/mol. The molecule has 3 unspecified atom stereocenters. The molecule has 2 saturated carbocycles. The number of nitrogens with zero attached hydrogens (tertiary/aromatic N) is 1. The molecule has 0 amide bonds. The average molecular weight is 239 g/mol. The third-order valence-corrected chi connectivity index (χ3v) is 4.74. The normalized spacial score (nSPS) is 34.6. The number of hydrogen-bond donors (Lipinski definition) is 1. The molecule has 0 radical (unpaired) electrons. The lowest BCUT2D eigenvalue weighted by Gasteiger charge is -2.37. The summed E-state index contributed by atoms with van der Waals surface area (Å²) in [6.07, 6.45) is 6.27. The third-order valence-electron chi connectivity index (χ3n) is 4.74. The minimum absolute atomic E-state index is 0.0494. The highest BCUT2D eigenvalue weighted by atomic mass is 16.3. The fourth-order valence-electron chi connectivity index (χ4n) is 3.30. The van der Waals surface area contributed by atoms with Crippen LogP contribution in [0.15, 0.2) is 0 Å². The van der Waals surface area contributed by atoms with Crippen LogP contribution < -0.4 is 0 Å². The lowest BCUT2D eigenvalue weighted by Crippen LogP contribution is -2.39. The van der Waals surface area contributed by atoms with Gasteiger partial charge in [-0.2, -0.15) is 0 Å². The van der Waals surface area contributed by atoms with Crippen LogP contribution in [0.25, 0.3) is 0 Å². The van der Waals surface area contributed by atoms with Crippen LogP contribution in [0, 0.1) is 23.7 Å². The van der Waals surface area contributed by atoms with E-state index in [1.807, 2.05) is 0 Å². The van der Waals surface area contributed by atoms with Gasteiger partial charge in [0.2, 0.25) is 0 Å². The minimum Gasteiger partial charge on any atom is -0.393 e. The lowest BCUT2D eigenvalue weighted by molar-refractivity contribution is 0.0219. The molecule has 2 nitrogen and oxygen atoms in total. The van der Waals surface area contributed by atoms with E-state index in [1.54, 1.807) is 0 Å². The van der Waals surface area contributed by atoms with Crippen LogP contribution in [0.4, 0.5) is 0 Å². The zero-order valence-electron chi connectivity index (χ0n) is 11.7. The van der Waals surface area contributed by atoms with Crippen molar-refractivity contribution in [2.75, 3.05) is 20.1 Å². The Hall–Kier alpha value is -0.0800. The van der Waals surface area contributed by atoms with E-state index in [0.29, 0.717) is 5.92 Å². The van der Waals surface area contributed by atoms with Gasteiger partial charge in [0.25, 0.3) is 0 Å². The van der Waals surface area contributed by atoms with Crippen LogP contribution in [0.5, 0.6) is 0 Å². The first-order valence-corrected chi connectivity index (χ1v) is 7.43. The van der Waals surface area contributed by atoms with E-state index < -0.39 is 0 Å². The van der Waals surface area contributed by atoms with Crippen LogP contribution in [0.2, 0.25) is 0 Å². The van der Waals surface area contributed by atoms with Gasteiger partial charge in [-0.3, -0.25) is 0 Å². The predicted molar refractivity (Wildman–Crippen MR) is 71.9 cm³/mol. The quantitative estimate of drug-likeness (QED) is 0.797. The molecule has 2 aliphatic carbocycles. The fourth-order valence-corrected chi connectivity index (χ4v) is 3.30. The first kappa shape index (κ1) is 13.4. The Morgan fingerprint density at radius 3 is 2.41 bits per heavy atom. The molecule has 0 aromatic rings. The van der Waals surface area contributed by atoms with Gasteiger partial charge in [-0.25, -0.2) is 0 Å². The topological polar surface area (TPSA) is 23.5 Å². The molecule has 0 bridgehead atoms.